The quantitative estimate of drug-likeness (QED) is 0.776. The van der Waals surface area contributed by atoms with Crippen LogP contribution in [0.5, 0.6) is 0 Å². The van der Waals surface area contributed by atoms with Gasteiger partial charge >= 0.3 is 0 Å². The topological polar surface area (TPSA) is 70.2 Å². The van der Waals surface area contributed by atoms with Crippen LogP contribution in [0.15, 0.2) is 24.3 Å². The third-order valence-electron chi connectivity index (χ3n) is 5.33. The molecule has 3 rings (SSSR count). The zero-order chi connectivity index (χ0) is 19.4. The van der Waals surface area contributed by atoms with E-state index in [9.17, 15) is 14.4 Å². The van der Waals surface area contributed by atoms with Gasteiger partial charge in [-0.05, 0) is 24.5 Å². The Balaban J connectivity index is 1.67. The fraction of sp³-hybridized carbons (Fsp3) is 0.550. The van der Waals surface area contributed by atoms with E-state index in [1.54, 1.807) is 14.7 Å². The Morgan fingerprint density at radius 3 is 2.52 bits per heavy atom. The summed E-state index contributed by atoms with van der Waals surface area (Å²) in [4.78, 5) is 43.2. The Bertz CT molecular complexity index is 721. The zero-order valence-corrected chi connectivity index (χ0v) is 16.0. The second kappa shape index (κ2) is 8.52. The third kappa shape index (κ3) is 3.98. The van der Waals surface area contributed by atoms with Gasteiger partial charge in [-0.1, -0.05) is 25.1 Å². The molecule has 0 N–H and O–H groups in total. The average molecular weight is 373 g/mol. The van der Waals surface area contributed by atoms with Crippen molar-refractivity contribution < 1.29 is 19.1 Å². The zero-order valence-electron chi connectivity index (χ0n) is 16.0. The Morgan fingerprint density at radius 1 is 1.11 bits per heavy atom. The molecule has 3 amide bonds. The molecule has 0 unspecified atom stereocenters. The molecule has 0 bridgehead atoms. The predicted octanol–water partition coefficient (Wildman–Crippen LogP) is 1.13. The maximum Gasteiger partial charge on any atom is 0.255 e. The highest BCUT2D eigenvalue weighted by molar-refractivity contribution is 6.01. The van der Waals surface area contributed by atoms with E-state index in [0.29, 0.717) is 44.7 Å². The number of amides is 3. The van der Waals surface area contributed by atoms with Gasteiger partial charge in [0.2, 0.25) is 11.8 Å². The summed E-state index contributed by atoms with van der Waals surface area (Å²) in [5.41, 5.74) is 1.66. The van der Waals surface area contributed by atoms with Crippen molar-refractivity contribution in [2.45, 2.75) is 32.4 Å². The number of carbonyl (C=O) groups is 3. The molecular weight excluding hydrogens is 346 g/mol. The number of carbonyl (C=O) groups excluding carboxylic acids is 3. The SMILES string of the molecule is CC[C@@H](C(=O)N1CCCN(C(=O)COC)CC1)N1Cc2ccccc2C1=O. The van der Waals surface area contributed by atoms with Gasteiger partial charge in [0.15, 0.2) is 0 Å². The van der Waals surface area contributed by atoms with Crippen molar-refractivity contribution in [3.05, 3.63) is 35.4 Å². The molecule has 1 aromatic rings. The monoisotopic (exact) mass is 373 g/mol. The molecule has 146 valence electrons. The van der Waals surface area contributed by atoms with E-state index < -0.39 is 6.04 Å². The number of fused-ring (bicyclic) bond motifs is 1. The first-order valence-electron chi connectivity index (χ1n) is 9.51. The summed E-state index contributed by atoms with van der Waals surface area (Å²) in [5, 5.41) is 0. The summed E-state index contributed by atoms with van der Waals surface area (Å²) in [6.07, 6.45) is 1.30. The van der Waals surface area contributed by atoms with E-state index in [-0.39, 0.29) is 24.3 Å². The molecule has 7 nitrogen and oxygen atoms in total. The van der Waals surface area contributed by atoms with Crippen LogP contribution in [0.1, 0.15) is 35.7 Å². The highest BCUT2D eigenvalue weighted by Gasteiger charge is 2.37. The molecule has 1 atom stereocenters. The van der Waals surface area contributed by atoms with Gasteiger partial charge < -0.3 is 19.4 Å². The van der Waals surface area contributed by atoms with Crippen LogP contribution in [0, 0.1) is 0 Å². The summed E-state index contributed by atoms with van der Waals surface area (Å²) in [6.45, 7) is 4.68. The Kier molecular flexibility index (Phi) is 6.11. The highest BCUT2D eigenvalue weighted by Crippen LogP contribution is 2.26. The third-order valence-corrected chi connectivity index (χ3v) is 5.33. The van der Waals surface area contributed by atoms with Crippen molar-refractivity contribution in [1.82, 2.24) is 14.7 Å². The standard InChI is InChI=1S/C20H27N3O4/c1-3-17(23-13-15-7-4-5-8-16(15)19(23)25)20(26)22-10-6-9-21(11-12-22)18(24)14-27-2/h4-5,7-8,17H,3,6,9-14H2,1-2H3/t17-/m0/s1. The van der Waals surface area contributed by atoms with E-state index in [1.165, 1.54) is 7.11 Å². The van der Waals surface area contributed by atoms with E-state index in [2.05, 4.69) is 0 Å². The number of rotatable bonds is 5. The maximum atomic E-state index is 13.2. The second-order valence-electron chi connectivity index (χ2n) is 7.01. The number of benzene rings is 1. The maximum absolute atomic E-state index is 13.2. The van der Waals surface area contributed by atoms with Crippen molar-refractivity contribution in [2.24, 2.45) is 0 Å². The number of ether oxygens (including phenoxy) is 1. The number of methoxy groups -OCH3 is 1. The van der Waals surface area contributed by atoms with Gasteiger partial charge in [-0.25, -0.2) is 0 Å². The molecule has 2 aliphatic heterocycles. The van der Waals surface area contributed by atoms with Crippen LogP contribution in [0.3, 0.4) is 0 Å². The van der Waals surface area contributed by atoms with Crippen LogP contribution in [-0.2, 0) is 20.9 Å². The van der Waals surface area contributed by atoms with Crippen LogP contribution in [0.25, 0.3) is 0 Å². The van der Waals surface area contributed by atoms with Gasteiger partial charge in [0.05, 0.1) is 0 Å². The first-order chi connectivity index (χ1) is 13.1. The van der Waals surface area contributed by atoms with E-state index in [0.717, 1.165) is 12.0 Å². The first kappa shape index (κ1) is 19.4. The summed E-state index contributed by atoms with van der Waals surface area (Å²) in [5.74, 6) is -0.152. The first-order valence-corrected chi connectivity index (χ1v) is 9.51. The molecular formula is C20H27N3O4. The predicted molar refractivity (Wildman–Crippen MR) is 100 cm³/mol. The lowest BCUT2D eigenvalue weighted by molar-refractivity contribution is -0.138. The fourth-order valence-electron chi connectivity index (χ4n) is 3.87. The summed E-state index contributed by atoms with van der Waals surface area (Å²) >= 11 is 0. The average Bonchev–Trinajstić information content (AvgIpc) is 2.86. The molecule has 0 aromatic heterocycles. The lowest BCUT2D eigenvalue weighted by Gasteiger charge is -2.31. The molecule has 2 heterocycles. The number of hydrogen-bond acceptors (Lipinski definition) is 4. The van der Waals surface area contributed by atoms with Gasteiger partial charge in [0.1, 0.15) is 12.6 Å². The van der Waals surface area contributed by atoms with Crippen LogP contribution in [-0.4, -0.2) is 78.4 Å². The van der Waals surface area contributed by atoms with Crippen molar-refractivity contribution in [2.75, 3.05) is 39.9 Å². The molecule has 2 aliphatic rings. The number of hydrogen-bond donors (Lipinski definition) is 0. The van der Waals surface area contributed by atoms with Gasteiger partial charge in [0.25, 0.3) is 5.91 Å². The fourth-order valence-corrected chi connectivity index (χ4v) is 3.87. The minimum atomic E-state index is -0.467. The van der Waals surface area contributed by atoms with Crippen molar-refractivity contribution >= 4 is 17.7 Å². The minimum Gasteiger partial charge on any atom is -0.375 e. The van der Waals surface area contributed by atoms with Gasteiger partial charge in [-0.15, -0.1) is 0 Å². The van der Waals surface area contributed by atoms with Gasteiger partial charge in [-0.3, -0.25) is 14.4 Å². The van der Waals surface area contributed by atoms with E-state index in [1.807, 2.05) is 31.2 Å². The Morgan fingerprint density at radius 2 is 1.81 bits per heavy atom. The summed E-state index contributed by atoms with van der Waals surface area (Å²) in [7, 11) is 1.50. The lowest BCUT2D eigenvalue weighted by Crippen LogP contribution is -2.49. The second-order valence-corrected chi connectivity index (χ2v) is 7.01. The van der Waals surface area contributed by atoms with Gasteiger partial charge in [0, 0.05) is 45.4 Å². The summed E-state index contributed by atoms with van der Waals surface area (Å²) in [6, 6.07) is 7.06. The van der Waals surface area contributed by atoms with Crippen LogP contribution < -0.4 is 0 Å². The Hall–Kier alpha value is -2.41. The molecule has 1 aromatic carbocycles. The Labute approximate surface area is 159 Å². The van der Waals surface area contributed by atoms with Gasteiger partial charge in [-0.2, -0.15) is 0 Å². The minimum absolute atomic E-state index is 0.0281. The number of nitrogens with zero attached hydrogens (tertiary/aromatic N) is 3. The molecule has 0 radical (unpaired) electrons. The highest BCUT2D eigenvalue weighted by atomic mass is 16.5. The molecule has 1 saturated heterocycles. The summed E-state index contributed by atoms with van der Waals surface area (Å²) < 4.78 is 4.92. The van der Waals surface area contributed by atoms with Crippen molar-refractivity contribution in [3.8, 4) is 0 Å². The van der Waals surface area contributed by atoms with E-state index >= 15 is 0 Å². The molecule has 27 heavy (non-hydrogen) atoms. The van der Waals surface area contributed by atoms with Crippen LogP contribution in [0.4, 0.5) is 0 Å². The van der Waals surface area contributed by atoms with E-state index in [4.69, 9.17) is 4.74 Å². The van der Waals surface area contributed by atoms with Crippen LogP contribution in [0.2, 0.25) is 0 Å². The largest absolute Gasteiger partial charge is 0.375 e. The normalized spacial score (nSPS) is 18.3. The smallest absolute Gasteiger partial charge is 0.255 e. The molecule has 1 fully saturated rings. The van der Waals surface area contributed by atoms with Crippen molar-refractivity contribution in [1.29, 1.82) is 0 Å². The van der Waals surface area contributed by atoms with Crippen molar-refractivity contribution in [3.63, 3.8) is 0 Å². The molecule has 0 saturated carbocycles. The molecule has 0 aliphatic carbocycles. The molecule has 0 spiro atoms. The molecule has 7 heteroatoms. The van der Waals surface area contributed by atoms with Crippen LogP contribution >= 0.6 is 0 Å². The lowest BCUT2D eigenvalue weighted by atomic mass is 10.1.